The van der Waals surface area contributed by atoms with Crippen LogP contribution in [0.5, 0.6) is 0 Å². The summed E-state index contributed by atoms with van der Waals surface area (Å²) in [6.45, 7) is 0.425. The molecular weight excluding hydrogens is 435 g/mol. The second-order valence-electron chi connectivity index (χ2n) is 6.74. The van der Waals surface area contributed by atoms with E-state index in [1.165, 1.54) is 34.6 Å². The molecule has 1 N–H and O–H groups in total. The summed E-state index contributed by atoms with van der Waals surface area (Å²) in [5, 5.41) is 2.39. The van der Waals surface area contributed by atoms with Gasteiger partial charge in [-0.15, -0.1) is 0 Å². The predicted molar refractivity (Wildman–Crippen MR) is 109 cm³/mol. The fourth-order valence-corrected chi connectivity index (χ4v) is 4.79. The van der Waals surface area contributed by atoms with Crippen molar-refractivity contribution < 1.29 is 27.1 Å². The number of carbonyl (C=O) groups is 2. The summed E-state index contributed by atoms with van der Waals surface area (Å²) in [4.78, 5) is 24.1. The number of benzene rings is 2. The number of esters is 1. The molecular formula is C20H20ClFN2O5S. The van der Waals surface area contributed by atoms with Crippen molar-refractivity contribution in [1.29, 1.82) is 0 Å². The van der Waals surface area contributed by atoms with Gasteiger partial charge in [-0.25, -0.2) is 17.6 Å². The van der Waals surface area contributed by atoms with Gasteiger partial charge in [-0.3, -0.25) is 4.79 Å². The molecule has 0 unspecified atom stereocenters. The molecule has 0 aliphatic carbocycles. The van der Waals surface area contributed by atoms with E-state index < -0.39 is 34.3 Å². The Balaban J connectivity index is 1.56. The van der Waals surface area contributed by atoms with Gasteiger partial charge in [-0.1, -0.05) is 18.0 Å². The third-order valence-corrected chi connectivity index (χ3v) is 6.80. The number of sulfonamides is 1. The van der Waals surface area contributed by atoms with Crippen molar-refractivity contribution in [2.24, 2.45) is 0 Å². The number of halogens is 2. The number of hydrogen-bond donors (Lipinski definition) is 1. The molecule has 0 radical (unpaired) electrons. The Kier molecular flexibility index (Phi) is 7.06. The van der Waals surface area contributed by atoms with Crippen LogP contribution >= 0.6 is 11.6 Å². The van der Waals surface area contributed by atoms with Gasteiger partial charge in [-0.2, -0.15) is 4.31 Å². The van der Waals surface area contributed by atoms with Gasteiger partial charge in [0.2, 0.25) is 10.0 Å². The average molecular weight is 455 g/mol. The largest absolute Gasteiger partial charge is 0.452 e. The average Bonchev–Trinajstić information content (AvgIpc) is 2.73. The molecule has 1 aliphatic rings. The maximum absolute atomic E-state index is 13.0. The normalized spacial score (nSPS) is 14.9. The van der Waals surface area contributed by atoms with E-state index in [0.717, 1.165) is 31.4 Å². The van der Waals surface area contributed by atoms with E-state index in [1.54, 1.807) is 0 Å². The maximum Gasteiger partial charge on any atom is 0.340 e. The summed E-state index contributed by atoms with van der Waals surface area (Å²) in [7, 11) is -3.55. The van der Waals surface area contributed by atoms with Crippen LogP contribution in [0.25, 0.3) is 0 Å². The quantitative estimate of drug-likeness (QED) is 0.675. The van der Waals surface area contributed by atoms with Crippen molar-refractivity contribution in [3.63, 3.8) is 0 Å². The van der Waals surface area contributed by atoms with E-state index in [-0.39, 0.29) is 15.5 Å². The van der Waals surface area contributed by atoms with Gasteiger partial charge in [0.15, 0.2) is 6.61 Å². The molecule has 0 atom stereocenters. The minimum Gasteiger partial charge on any atom is -0.452 e. The minimum absolute atomic E-state index is 0.0573. The second-order valence-corrected chi connectivity index (χ2v) is 9.08. The van der Waals surface area contributed by atoms with Gasteiger partial charge in [0.25, 0.3) is 5.91 Å². The molecule has 30 heavy (non-hydrogen) atoms. The number of rotatable bonds is 6. The first kappa shape index (κ1) is 22.2. The Labute approximate surface area is 178 Å². The number of hydrogen-bond acceptors (Lipinski definition) is 5. The van der Waals surface area contributed by atoms with Crippen LogP contribution in [0.15, 0.2) is 47.4 Å². The van der Waals surface area contributed by atoms with Gasteiger partial charge < -0.3 is 10.1 Å². The first-order valence-corrected chi connectivity index (χ1v) is 11.1. The zero-order valence-electron chi connectivity index (χ0n) is 15.9. The molecule has 7 nitrogen and oxygen atoms in total. The van der Waals surface area contributed by atoms with E-state index in [4.69, 9.17) is 16.3 Å². The van der Waals surface area contributed by atoms with Crippen molar-refractivity contribution in [2.45, 2.75) is 24.2 Å². The van der Waals surface area contributed by atoms with E-state index in [2.05, 4.69) is 5.32 Å². The van der Waals surface area contributed by atoms with Gasteiger partial charge in [0.1, 0.15) is 5.82 Å². The molecule has 0 aromatic heterocycles. The Morgan fingerprint density at radius 1 is 1.07 bits per heavy atom. The van der Waals surface area contributed by atoms with Gasteiger partial charge >= 0.3 is 5.97 Å². The van der Waals surface area contributed by atoms with Crippen molar-refractivity contribution in [3.05, 3.63) is 58.9 Å². The number of piperidine rings is 1. The molecule has 10 heteroatoms. The van der Waals surface area contributed by atoms with E-state index in [1.807, 2.05) is 0 Å². The molecule has 3 rings (SSSR count). The molecule has 1 saturated heterocycles. The Bertz CT molecular complexity index is 1040. The monoisotopic (exact) mass is 454 g/mol. The third-order valence-electron chi connectivity index (χ3n) is 4.58. The fourth-order valence-electron chi connectivity index (χ4n) is 3.03. The Morgan fingerprint density at radius 3 is 2.37 bits per heavy atom. The maximum atomic E-state index is 13.0. The van der Waals surface area contributed by atoms with Crippen molar-refractivity contribution in [3.8, 4) is 0 Å². The van der Waals surface area contributed by atoms with Crippen LogP contribution in [-0.2, 0) is 19.6 Å². The molecule has 0 saturated carbocycles. The SMILES string of the molecule is O=C(COC(=O)c1ccc(F)cc1Cl)Nc1ccc(S(=O)(=O)N2CCCCC2)cc1. The van der Waals surface area contributed by atoms with E-state index >= 15 is 0 Å². The molecule has 1 aliphatic heterocycles. The van der Waals surface area contributed by atoms with Crippen LogP contribution in [0, 0.1) is 5.82 Å². The molecule has 0 spiro atoms. The van der Waals surface area contributed by atoms with Crippen LogP contribution in [0.4, 0.5) is 10.1 Å². The lowest BCUT2D eigenvalue weighted by atomic mass is 10.2. The number of carbonyl (C=O) groups excluding carboxylic acids is 2. The first-order chi connectivity index (χ1) is 14.3. The zero-order chi connectivity index (χ0) is 21.7. The highest BCUT2D eigenvalue weighted by Crippen LogP contribution is 2.22. The van der Waals surface area contributed by atoms with Crippen LogP contribution in [0.3, 0.4) is 0 Å². The summed E-state index contributed by atoms with van der Waals surface area (Å²) in [6, 6.07) is 8.97. The Hall–Kier alpha value is -2.49. The number of nitrogens with zero attached hydrogens (tertiary/aromatic N) is 1. The number of nitrogens with one attached hydrogen (secondary N) is 1. The molecule has 160 valence electrons. The number of amides is 1. The van der Waals surface area contributed by atoms with Gasteiger partial charge in [0, 0.05) is 18.8 Å². The molecule has 0 bridgehead atoms. The van der Waals surface area contributed by atoms with Gasteiger partial charge in [-0.05, 0) is 55.3 Å². The van der Waals surface area contributed by atoms with Crippen molar-refractivity contribution in [2.75, 3.05) is 25.0 Å². The lowest BCUT2D eigenvalue weighted by Gasteiger charge is -2.25. The first-order valence-electron chi connectivity index (χ1n) is 9.29. The smallest absolute Gasteiger partial charge is 0.340 e. The highest BCUT2D eigenvalue weighted by Gasteiger charge is 2.25. The predicted octanol–water partition coefficient (Wildman–Crippen LogP) is 3.45. The lowest BCUT2D eigenvalue weighted by molar-refractivity contribution is -0.119. The highest BCUT2D eigenvalue weighted by atomic mass is 35.5. The summed E-state index contributed by atoms with van der Waals surface area (Å²) in [6.07, 6.45) is 2.71. The highest BCUT2D eigenvalue weighted by molar-refractivity contribution is 7.89. The van der Waals surface area contributed by atoms with E-state index in [0.29, 0.717) is 18.8 Å². The molecule has 1 amide bonds. The topological polar surface area (TPSA) is 92.8 Å². The third kappa shape index (κ3) is 5.35. The van der Waals surface area contributed by atoms with Crippen LogP contribution in [0.1, 0.15) is 29.6 Å². The summed E-state index contributed by atoms with van der Waals surface area (Å²) < 4.78 is 44.6. The summed E-state index contributed by atoms with van der Waals surface area (Å²) in [5.74, 6) is -2.08. The van der Waals surface area contributed by atoms with Crippen LogP contribution in [0.2, 0.25) is 5.02 Å². The van der Waals surface area contributed by atoms with Crippen LogP contribution in [-0.4, -0.2) is 44.3 Å². The Morgan fingerprint density at radius 2 is 1.73 bits per heavy atom. The van der Waals surface area contributed by atoms with Gasteiger partial charge in [0.05, 0.1) is 15.5 Å². The zero-order valence-corrected chi connectivity index (χ0v) is 17.5. The number of anilines is 1. The van der Waals surface area contributed by atoms with Crippen LogP contribution < -0.4 is 5.32 Å². The molecule has 1 fully saturated rings. The molecule has 2 aromatic rings. The molecule has 2 aromatic carbocycles. The lowest BCUT2D eigenvalue weighted by Crippen LogP contribution is -2.35. The van der Waals surface area contributed by atoms with Crippen molar-refractivity contribution >= 4 is 39.2 Å². The van der Waals surface area contributed by atoms with Crippen molar-refractivity contribution in [1.82, 2.24) is 4.31 Å². The van der Waals surface area contributed by atoms with E-state index in [9.17, 15) is 22.4 Å². The number of ether oxygens (including phenoxy) is 1. The fraction of sp³-hybridized carbons (Fsp3) is 0.300. The molecule has 1 heterocycles. The summed E-state index contributed by atoms with van der Waals surface area (Å²) >= 11 is 5.78. The summed E-state index contributed by atoms with van der Waals surface area (Å²) in [5.41, 5.74) is 0.298. The second kappa shape index (κ2) is 9.55. The standard InChI is InChI=1S/C20H20ClFN2O5S/c21-18-12-14(22)4-9-17(18)20(26)29-13-19(25)23-15-5-7-16(8-6-15)30(27,28)24-10-2-1-3-11-24/h4-9,12H,1-3,10-11,13H2,(H,23,25). The minimum atomic E-state index is -3.55.